The molecular weight excluding hydrogens is 294 g/mol. The van der Waals surface area contributed by atoms with Crippen molar-refractivity contribution in [3.8, 4) is 0 Å². The second-order valence-corrected chi connectivity index (χ2v) is 5.99. The van der Waals surface area contributed by atoms with Gasteiger partial charge in [-0.05, 0) is 30.9 Å². The summed E-state index contributed by atoms with van der Waals surface area (Å²) in [5, 5.41) is 0.888. The fraction of sp³-hybridized carbons (Fsp3) is 0.389. The number of aromatic nitrogens is 1. The van der Waals surface area contributed by atoms with Crippen LogP contribution in [0.5, 0.6) is 0 Å². The Kier molecular flexibility index (Phi) is 4.03. The number of pyridine rings is 1. The Morgan fingerprint density at radius 2 is 2.00 bits per heavy atom. The molecular formula is C18H19NO4. The molecule has 1 saturated carbocycles. The van der Waals surface area contributed by atoms with Gasteiger partial charge >= 0.3 is 11.9 Å². The summed E-state index contributed by atoms with van der Waals surface area (Å²) >= 11 is 0. The van der Waals surface area contributed by atoms with Crippen molar-refractivity contribution in [2.24, 2.45) is 11.8 Å². The molecule has 5 nitrogen and oxygen atoms in total. The molecule has 1 fully saturated rings. The van der Waals surface area contributed by atoms with Crippen LogP contribution in [-0.4, -0.2) is 24.0 Å². The van der Waals surface area contributed by atoms with Crippen LogP contribution in [0, 0.1) is 18.8 Å². The summed E-state index contributed by atoms with van der Waals surface area (Å²) in [7, 11) is 1.33. The number of fused-ring (bicyclic) bond motifs is 1. The van der Waals surface area contributed by atoms with E-state index in [1.54, 1.807) is 0 Å². The number of carbonyl (C=O) groups is 2. The van der Waals surface area contributed by atoms with Gasteiger partial charge in [0.25, 0.3) is 0 Å². The minimum atomic E-state index is -0.466. The molecule has 0 saturated heterocycles. The number of nitrogens with zero attached hydrogens (tertiary/aromatic N) is 1. The smallest absolute Gasteiger partial charge is 0.340 e. The number of rotatable bonds is 4. The predicted molar refractivity (Wildman–Crippen MR) is 84.9 cm³/mol. The van der Waals surface area contributed by atoms with Crippen molar-refractivity contribution in [1.82, 2.24) is 4.98 Å². The van der Waals surface area contributed by atoms with E-state index in [0.29, 0.717) is 17.2 Å². The third kappa shape index (κ3) is 2.91. The van der Waals surface area contributed by atoms with Crippen molar-refractivity contribution in [1.29, 1.82) is 0 Å². The van der Waals surface area contributed by atoms with Crippen LogP contribution in [0.2, 0.25) is 0 Å². The molecule has 3 rings (SSSR count). The maximum Gasteiger partial charge on any atom is 0.340 e. The second-order valence-electron chi connectivity index (χ2n) is 5.99. The van der Waals surface area contributed by atoms with Crippen LogP contribution in [-0.2, 0) is 20.9 Å². The summed E-state index contributed by atoms with van der Waals surface area (Å²) in [6.45, 7) is 3.85. The van der Waals surface area contributed by atoms with E-state index in [1.165, 1.54) is 7.11 Å². The number of hydrogen-bond donors (Lipinski definition) is 0. The zero-order valence-corrected chi connectivity index (χ0v) is 13.5. The average Bonchev–Trinajstić information content (AvgIpc) is 3.29. The molecule has 1 aliphatic carbocycles. The number of ether oxygens (including phenoxy) is 2. The molecule has 0 spiro atoms. The van der Waals surface area contributed by atoms with Crippen molar-refractivity contribution >= 4 is 22.8 Å². The van der Waals surface area contributed by atoms with E-state index >= 15 is 0 Å². The van der Waals surface area contributed by atoms with Gasteiger partial charge in [0, 0.05) is 5.39 Å². The van der Waals surface area contributed by atoms with E-state index in [-0.39, 0.29) is 18.5 Å². The van der Waals surface area contributed by atoms with Crippen LogP contribution < -0.4 is 0 Å². The highest BCUT2D eigenvalue weighted by atomic mass is 16.5. The van der Waals surface area contributed by atoms with E-state index in [2.05, 4.69) is 4.98 Å². The fourth-order valence-electron chi connectivity index (χ4n) is 2.82. The molecule has 1 heterocycles. The molecule has 0 unspecified atom stereocenters. The van der Waals surface area contributed by atoms with Crippen molar-refractivity contribution in [2.45, 2.75) is 26.9 Å². The van der Waals surface area contributed by atoms with Crippen molar-refractivity contribution in [3.05, 3.63) is 41.1 Å². The van der Waals surface area contributed by atoms with Crippen LogP contribution in [0.25, 0.3) is 10.9 Å². The highest BCUT2D eigenvalue weighted by Crippen LogP contribution is 2.38. The number of benzene rings is 1. The Hall–Kier alpha value is -2.43. The first kappa shape index (κ1) is 15.5. The van der Waals surface area contributed by atoms with E-state index in [0.717, 1.165) is 22.9 Å². The van der Waals surface area contributed by atoms with Crippen molar-refractivity contribution < 1.29 is 19.1 Å². The molecule has 1 aromatic carbocycles. The Morgan fingerprint density at radius 3 is 2.65 bits per heavy atom. The number of methoxy groups -OCH3 is 1. The van der Waals surface area contributed by atoms with Gasteiger partial charge in [-0.1, -0.05) is 25.1 Å². The lowest BCUT2D eigenvalue weighted by Gasteiger charge is -2.13. The SMILES string of the molecule is COC(=O)c1c(COC(=O)[C@H]2C[C@@H]2C)nc2ccccc2c1C. The zero-order valence-electron chi connectivity index (χ0n) is 13.5. The molecule has 0 radical (unpaired) electrons. The summed E-state index contributed by atoms with van der Waals surface area (Å²) in [5.74, 6) is -0.320. The fourth-order valence-corrected chi connectivity index (χ4v) is 2.82. The van der Waals surface area contributed by atoms with Gasteiger partial charge in [0.05, 0.1) is 29.8 Å². The standard InChI is InChI=1S/C18H19NO4/c1-10-8-13(10)17(20)23-9-15-16(18(21)22-3)11(2)12-6-4-5-7-14(12)19-15/h4-7,10,13H,8-9H2,1-3H3/t10-,13-/m0/s1. The molecule has 0 N–H and O–H groups in total. The molecule has 1 aliphatic rings. The molecule has 2 atom stereocenters. The largest absolute Gasteiger partial charge is 0.465 e. The van der Waals surface area contributed by atoms with E-state index in [4.69, 9.17) is 9.47 Å². The van der Waals surface area contributed by atoms with Crippen molar-refractivity contribution in [3.63, 3.8) is 0 Å². The van der Waals surface area contributed by atoms with Gasteiger partial charge < -0.3 is 9.47 Å². The molecule has 0 amide bonds. The average molecular weight is 313 g/mol. The first-order chi connectivity index (χ1) is 11.0. The Labute approximate surface area is 134 Å². The van der Waals surface area contributed by atoms with Crippen LogP contribution in [0.3, 0.4) is 0 Å². The Bertz CT molecular complexity index is 784. The van der Waals surface area contributed by atoms with Gasteiger partial charge in [0.2, 0.25) is 0 Å². The molecule has 2 aromatic rings. The third-order valence-electron chi connectivity index (χ3n) is 4.38. The summed E-state index contributed by atoms with van der Waals surface area (Å²) in [4.78, 5) is 28.6. The normalized spacial score (nSPS) is 19.4. The summed E-state index contributed by atoms with van der Waals surface area (Å²) in [6, 6.07) is 7.56. The van der Waals surface area contributed by atoms with Crippen LogP contribution >= 0.6 is 0 Å². The molecule has 5 heteroatoms. The lowest BCUT2D eigenvalue weighted by molar-refractivity contribution is -0.147. The second kappa shape index (κ2) is 5.99. The highest BCUT2D eigenvalue weighted by molar-refractivity contribution is 5.98. The lowest BCUT2D eigenvalue weighted by Crippen LogP contribution is -2.14. The Morgan fingerprint density at radius 1 is 1.30 bits per heavy atom. The van der Waals surface area contributed by atoms with Crippen molar-refractivity contribution in [2.75, 3.05) is 7.11 Å². The molecule has 120 valence electrons. The molecule has 0 aliphatic heterocycles. The first-order valence-electron chi connectivity index (χ1n) is 7.66. The molecule has 0 bridgehead atoms. The third-order valence-corrected chi connectivity index (χ3v) is 4.38. The van der Waals surface area contributed by atoms with Gasteiger partial charge in [0.15, 0.2) is 0 Å². The van der Waals surface area contributed by atoms with Gasteiger partial charge in [-0.15, -0.1) is 0 Å². The summed E-state index contributed by atoms with van der Waals surface area (Å²) in [5.41, 5.74) is 2.37. The summed E-state index contributed by atoms with van der Waals surface area (Å²) < 4.78 is 10.2. The quantitative estimate of drug-likeness (QED) is 0.812. The van der Waals surface area contributed by atoms with Crippen LogP contribution in [0.1, 0.15) is 35.0 Å². The number of aryl methyl sites for hydroxylation is 1. The molecule has 23 heavy (non-hydrogen) atoms. The maximum atomic E-state index is 12.1. The Balaban J connectivity index is 1.96. The minimum absolute atomic E-state index is 0.0156. The zero-order chi connectivity index (χ0) is 16.6. The van der Waals surface area contributed by atoms with E-state index in [1.807, 2.05) is 38.1 Å². The van der Waals surface area contributed by atoms with E-state index in [9.17, 15) is 9.59 Å². The monoisotopic (exact) mass is 313 g/mol. The number of esters is 2. The maximum absolute atomic E-state index is 12.1. The predicted octanol–water partition coefficient (Wildman–Crippen LogP) is 3.03. The van der Waals surface area contributed by atoms with Gasteiger partial charge in [-0.3, -0.25) is 4.79 Å². The highest BCUT2D eigenvalue weighted by Gasteiger charge is 2.40. The number of para-hydroxylation sites is 1. The summed E-state index contributed by atoms with van der Waals surface area (Å²) in [6.07, 6.45) is 0.868. The van der Waals surface area contributed by atoms with Crippen LogP contribution in [0.4, 0.5) is 0 Å². The van der Waals surface area contributed by atoms with Gasteiger partial charge in [-0.25, -0.2) is 9.78 Å². The topological polar surface area (TPSA) is 65.5 Å². The molecule has 1 aromatic heterocycles. The minimum Gasteiger partial charge on any atom is -0.465 e. The van der Waals surface area contributed by atoms with Crippen LogP contribution in [0.15, 0.2) is 24.3 Å². The van der Waals surface area contributed by atoms with Gasteiger partial charge in [0.1, 0.15) is 6.61 Å². The number of hydrogen-bond acceptors (Lipinski definition) is 5. The lowest BCUT2D eigenvalue weighted by atomic mass is 10.0. The number of carbonyl (C=O) groups excluding carboxylic acids is 2. The van der Waals surface area contributed by atoms with E-state index < -0.39 is 5.97 Å². The van der Waals surface area contributed by atoms with Gasteiger partial charge in [-0.2, -0.15) is 0 Å². The first-order valence-corrected chi connectivity index (χ1v) is 7.66.